The average molecular weight is 256 g/mol. The highest BCUT2D eigenvalue weighted by atomic mass is 127. The maximum absolute atomic E-state index is 5.52. The lowest BCUT2D eigenvalue weighted by Crippen LogP contribution is -2.38. The highest BCUT2D eigenvalue weighted by Crippen LogP contribution is 2.29. The van der Waals surface area contributed by atoms with Crippen LogP contribution in [-0.2, 0) is 9.47 Å². The summed E-state index contributed by atoms with van der Waals surface area (Å²) in [6.07, 6.45) is 0. The van der Waals surface area contributed by atoms with Crippen LogP contribution in [0.4, 0.5) is 0 Å². The number of halogens is 1. The summed E-state index contributed by atoms with van der Waals surface area (Å²) in [4.78, 5) is 0. The molecule has 0 aromatic heterocycles. The fourth-order valence-electron chi connectivity index (χ4n) is 1.04. The third-order valence-electron chi connectivity index (χ3n) is 1.84. The van der Waals surface area contributed by atoms with Gasteiger partial charge in [0, 0.05) is 5.92 Å². The van der Waals surface area contributed by atoms with E-state index < -0.39 is 0 Å². The van der Waals surface area contributed by atoms with E-state index in [4.69, 9.17) is 9.47 Å². The van der Waals surface area contributed by atoms with Crippen LogP contribution in [0.1, 0.15) is 13.8 Å². The van der Waals surface area contributed by atoms with E-state index in [-0.39, 0.29) is 5.79 Å². The third kappa shape index (κ3) is 1.46. The fraction of sp³-hybridized carbons (Fsp3) is 1.00. The van der Waals surface area contributed by atoms with Crippen molar-refractivity contribution in [2.45, 2.75) is 19.6 Å². The van der Waals surface area contributed by atoms with Gasteiger partial charge >= 0.3 is 0 Å². The summed E-state index contributed by atoms with van der Waals surface area (Å²) in [6, 6.07) is 0. The Hall–Kier alpha value is 0.650. The number of hydrogen-bond donors (Lipinski definition) is 0. The standard InChI is InChI=1S/C7H13IO2/c1-6(2)7(5-8)9-3-4-10-7/h6H,3-5H2,1-2H3. The topological polar surface area (TPSA) is 18.5 Å². The second-order valence-corrected chi connectivity index (χ2v) is 3.56. The van der Waals surface area contributed by atoms with Crippen LogP contribution in [0.2, 0.25) is 0 Å². The van der Waals surface area contributed by atoms with Crippen LogP contribution in [0.15, 0.2) is 0 Å². The molecule has 0 aromatic rings. The molecule has 10 heavy (non-hydrogen) atoms. The highest BCUT2D eigenvalue weighted by molar-refractivity contribution is 14.1. The predicted molar refractivity (Wildman–Crippen MR) is 48.4 cm³/mol. The monoisotopic (exact) mass is 256 g/mol. The summed E-state index contributed by atoms with van der Waals surface area (Å²) < 4.78 is 12.0. The molecular formula is C7H13IO2. The first-order valence-electron chi connectivity index (χ1n) is 3.55. The number of hydrogen-bond acceptors (Lipinski definition) is 2. The van der Waals surface area contributed by atoms with Crippen molar-refractivity contribution in [2.75, 3.05) is 17.6 Å². The second kappa shape index (κ2) is 3.36. The minimum Gasteiger partial charge on any atom is -0.346 e. The van der Waals surface area contributed by atoms with Crippen molar-refractivity contribution in [3.63, 3.8) is 0 Å². The molecule has 2 nitrogen and oxygen atoms in total. The Morgan fingerprint density at radius 3 is 2.10 bits per heavy atom. The molecule has 0 atom stereocenters. The molecular weight excluding hydrogens is 243 g/mol. The van der Waals surface area contributed by atoms with Crippen molar-refractivity contribution >= 4 is 22.6 Å². The average Bonchev–Trinajstić information content (AvgIpc) is 2.35. The Balaban J connectivity index is 2.58. The quantitative estimate of drug-likeness (QED) is 0.554. The van der Waals surface area contributed by atoms with Crippen molar-refractivity contribution in [3.8, 4) is 0 Å². The van der Waals surface area contributed by atoms with Crippen LogP contribution in [0, 0.1) is 5.92 Å². The third-order valence-corrected chi connectivity index (χ3v) is 2.91. The lowest BCUT2D eigenvalue weighted by molar-refractivity contribution is -0.166. The van der Waals surface area contributed by atoms with Crippen molar-refractivity contribution in [1.82, 2.24) is 0 Å². The molecule has 0 aromatic carbocycles. The Bertz CT molecular complexity index is 108. The zero-order chi connectivity index (χ0) is 7.61. The zero-order valence-electron chi connectivity index (χ0n) is 6.39. The SMILES string of the molecule is CC(C)C1(CI)OCCO1. The predicted octanol–water partition coefficient (Wildman–Crippen LogP) is 1.82. The number of alkyl halides is 1. The van der Waals surface area contributed by atoms with Gasteiger partial charge in [0.05, 0.1) is 17.6 Å². The van der Waals surface area contributed by atoms with Gasteiger partial charge in [0.25, 0.3) is 0 Å². The van der Waals surface area contributed by atoms with Crippen LogP contribution < -0.4 is 0 Å². The minimum absolute atomic E-state index is 0.277. The van der Waals surface area contributed by atoms with Crippen LogP contribution in [-0.4, -0.2) is 23.4 Å². The van der Waals surface area contributed by atoms with Crippen LogP contribution in [0.3, 0.4) is 0 Å². The summed E-state index contributed by atoms with van der Waals surface area (Å²) in [5.41, 5.74) is 0. The number of rotatable bonds is 2. The first-order chi connectivity index (χ1) is 4.71. The first kappa shape index (κ1) is 8.74. The normalized spacial score (nSPS) is 24.0. The molecule has 60 valence electrons. The Morgan fingerprint density at radius 1 is 1.40 bits per heavy atom. The van der Waals surface area contributed by atoms with Gasteiger partial charge in [-0.05, 0) is 0 Å². The van der Waals surface area contributed by atoms with Crippen molar-refractivity contribution < 1.29 is 9.47 Å². The van der Waals surface area contributed by atoms with Crippen molar-refractivity contribution in [3.05, 3.63) is 0 Å². The first-order valence-corrected chi connectivity index (χ1v) is 5.08. The molecule has 0 aliphatic carbocycles. The molecule has 0 N–H and O–H groups in total. The molecule has 0 saturated carbocycles. The van der Waals surface area contributed by atoms with E-state index in [9.17, 15) is 0 Å². The summed E-state index contributed by atoms with van der Waals surface area (Å²) in [7, 11) is 0. The van der Waals surface area contributed by atoms with Crippen LogP contribution >= 0.6 is 22.6 Å². The molecule has 0 amide bonds. The molecule has 3 heteroatoms. The molecule has 1 fully saturated rings. The molecule has 0 unspecified atom stereocenters. The maximum Gasteiger partial charge on any atom is 0.179 e. The molecule has 1 aliphatic heterocycles. The molecule has 1 heterocycles. The van der Waals surface area contributed by atoms with Gasteiger partial charge in [0.15, 0.2) is 5.79 Å². The van der Waals surface area contributed by atoms with E-state index in [0.29, 0.717) is 5.92 Å². The van der Waals surface area contributed by atoms with E-state index in [1.54, 1.807) is 0 Å². The molecule has 0 spiro atoms. The lowest BCUT2D eigenvalue weighted by atomic mass is 10.1. The smallest absolute Gasteiger partial charge is 0.179 e. The van der Waals surface area contributed by atoms with Gasteiger partial charge in [-0.25, -0.2) is 0 Å². The highest BCUT2D eigenvalue weighted by Gasteiger charge is 2.38. The van der Waals surface area contributed by atoms with Gasteiger partial charge in [0.2, 0.25) is 0 Å². The molecule has 1 saturated heterocycles. The molecule has 1 rings (SSSR count). The van der Waals surface area contributed by atoms with Crippen molar-refractivity contribution in [1.29, 1.82) is 0 Å². The van der Waals surface area contributed by atoms with Gasteiger partial charge in [-0.1, -0.05) is 36.4 Å². The van der Waals surface area contributed by atoms with Gasteiger partial charge < -0.3 is 9.47 Å². The molecule has 1 aliphatic rings. The second-order valence-electron chi connectivity index (χ2n) is 2.80. The van der Waals surface area contributed by atoms with E-state index in [1.807, 2.05) is 0 Å². The maximum atomic E-state index is 5.52. The van der Waals surface area contributed by atoms with Crippen LogP contribution in [0.25, 0.3) is 0 Å². The van der Waals surface area contributed by atoms with E-state index >= 15 is 0 Å². The van der Waals surface area contributed by atoms with E-state index in [0.717, 1.165) is 17.6 Å². The largest absolute Gasteiger partial charge is 0.346 e. The van der Waals surface area contributed by atoms with E-state index in [1.165, 1.54) is 0 Å². The summed E-state index contributed by atoms with van der Waals surface area (Å²) in [5, 5.41) is 0. The summed E-state index contributed by atoms with van der Waals surface area (Å²) in [6.45, 7) is 5.76. The summed E-state index contributed by atoms with van der Waals surface area (Å²) in [5.74, 6) is 0.174. The summed E-state index contributed by atoms with van der Waals surface area (Å²) >= 11 is 2.31. The number of ether oxygens (including phenoxy) is 2. The van der Waals surface area contributed by atoms with E-state index in [2.05, 4.69) is 36.4 Å². The Morgan fingerprint density at radius 2 is 1.90 bits per heavy atom. The molecule has 0 bridgehead atoms. The lowest BCUT2D eigenvalue weighted by Gasteiger charge is -2.28. The van der Waals surface area contributed by atoms with Gasteiger partial charge in [-0.3, -0.25) is 0 Å². The molecule has 0 radical (unpaired) electrons. The Labute approximate surface area is 75.4 Å². The minimum atomic E-state index is -0.277. The van der Waals surface area contributed by atoms with Gasteiger partial charge in [-0.15, -0.1) is 0 Å². The fourth-order valence-corrected chi connectivity index (χ4v) is 2.36. The van der Waals surface area contributed by atoms with Crippen LogP contribution in [0.5, 0.6) is 0 Å². The van der Waals surface area contributed by atoms with Crippen molar-refractivity contribution in [2.24, 2.45) is 5.92 Å². The zero-order valence-corrected chi connectivity index (χ0v) is 8.55. The van der Waals surface area contributed by atoms with Gasteiger partial charge in [0.1, 0.15) is 0 Å². The van der Waals surface area contributed by atoms with Gasteiger partial charge in [-0.2, -0.15) is 0 Å². The Kier molecular flexibility index (Phi) is 2.94.